The van der Waals surface area contributed by atoms with Crippen LogP contribution in [0.2, 0.25) is 0 Å². The molecule has 0 bridgehead atoms. The number of halogens is 1. The molecule has 5 nitrogen and oxygen atoms in total. The van der Waals surface area contributed by atoms with E-state index >= 15 is 0 Å². The third-order valence-corrected chi connectivity index (χ3v) is 3.51. The van der Waals surface area contributed by atoms with Crippen LogP contribution in [0.3, 0.4) is 0 Å². The molecule has 1 unspecified atom stereocenters. The quantitative estimate of drug-likeness (QED) is 0.668. The molecule has 0 saturated heterocycles. The van der Waals surface area contributed by atoms with Crippen LogP contribution in [0.4, 0.5) is 9.18 Å². The lowest BCUT2D eigenvalue weighted by molar-refractivity contribution is 0.0909. The molecule has 21 heavy (non-hydrogen) atoms. The number of fused-ring (bicyclic) bond motifs is 1. The summed E-state index contributed by atoms with van der Waals surface area (Å²) in [6, 6.07) is 4.61. The van der Waals surface area contributed by atoms with Crippen molar-refractivity contribution in [2.45, 2.75) is 25.3 Å². The second-order valence-electron chi connectivity index (χ2n) is 4.99. The van der Waals surface area contributed by atoms with Gasteiger partial charge in [0, 0.05) is 13.2 Å². The molecule has 0 fully saturated rings. The van der Waals surface area contributed by atoms with E-state index in [1.54, 1.807) is 6.07 Å². The summed E-state index contributed by atoms with van der Waals surface area (Å²) in [4.78, 5) is 11.8. The fourth-order valence-corrected chi connectivity index (χ4v) is 2.51. The summed E-state index contributed by atoms with van der Waals surface area (Å²) >= 11 is 0. The standard InChI is InChI=1S/C15H21FN2O3/c16-13-4-1-3-12-11(13)5-6-14(12)18-15(20)17-7-2-9-21-10-8-19/h1,3-4,14,19H,2,5-10H2,(H2,17,18,20). The van der Waals surface area contributed by atoms with Crippen LogP contribution in [-0.2, 0) is 11.2 Å². The van der Waals surface area contributed by atoms with E-state index in [9.17, 15) is 9.18 Å². The minimum atomic E-state index is -0.251. The molecule has 2 rings (SSSR count). The lowest BCUT2D eigenvalue weighted by Crippen LogP contribution is -2.38. The smallest absolute Gasteiger partial charge is 0.315 e. The zero-order valence-electron chi connectivity index (χ0n) is 11.9. The number of rotatable bonds is 7. The summed E-state index contributed by atoms with van der Waals surface area (Å²) in [7, 11) is 0. The van der Waals surface area contributed by atoms with Gasteiger partial charge in [0.1, 0.15) is 5.82 Å². The molecule has 116 valence electrons. The number of amides is 2. The van der Waals surface area contributed by atoms with Crippen molar-refractivity contribution in [3.63, 3.8) is 0 Å². The van der Waals surface area contributed by atoms with Crippen LogP contribution in [0.1, 0.15) is 30.0 Å². The van der Waals surface area contributed by atoms with Crippen molar-refractivity contribution in [3.8, 4) is 0 Å². The maximum absolute atomic E-state index is 13.6. The molecule has 0 radical (unpaired) electrons. The van der Waals surface area contributed by atoms with Crippen molar-refractivity contribution < 1.29 is 19.0 Å². The first-order valence-electron chi connectivity index (χ1n) is 7.22. The van der Waals surface area contributed by atoms with Crippen molar-refractivity contribution in [1.82, 2.24) is 10.6 Å². The summed E-state index contributed by atoms with van der Waals surface area (Å²) in [6.07, 6.45) is 2.06. The maximum Gasteiger partial charge on any atom is 0.315 e. The zero-order chi connectivity index (χ0) is 15.1. The Morgan fingerprint density at radius 2 is 2.29 bits per heavy atom. The van der Waals surface area contributed by atoms with Crippen molar-refractivity contribution >= 4 is 6.03 Å². The van der Waals surface area contributed by atoms with E-state index < -0.39 is 0 Å². The highest BCUT2D eigenvalue weighted by atomic mass is 19.1. The van der Waals surface area contributed by atoms with Crippen molar-refractivity contribution in [2.75, 3.05) is 26.4 Å². The molecular weight excluding hydrogens is 275 g/mol. The maximum atomic E-state index is 13.6. The van der Waals surface area contributed by atoms with Crippen molar-refractivity contribution in [1.29, 1.82) is 0 Å². The fraction of sp³-hybridized carbons (Fsp3) is 0.533. The molecule has 1 aliphatic rings. The summed E-state index contributed by atoms with van der Waals surface area (Å²) in [6.45, 7) is 1.32. The van der Waals surface area contributed by atoms with E-state index in [1.165, 1.54) is 6.07 Å². The van der Waals surface area contributed by atoms with Gasteiger partial charge in [-0.25, -0.2) is 9.18 Å². The van der Waals surface area contributed by atoms with Crippen LogP contribution in [-0.4, -0.2) is 37.5 Å². The van der Waals surface area contributed by atoms with Gasteiger partial charge in [-0.2, -0.15) is 0 Å². The number of hydrogen-bond acceptors (Lipinski definition) is 3. The van der Waals surface area contributed by atoms with E-state index in [0.29, 0.717) is 38.2 Å². The fourth-order valence-electron chi connectivity index (χ4n) is 2.51. The molecule has 1 aromatic carbocycles. The summed E-state index contributed by atoms with van der Waals surface area (Å²) in [5, 5.41) is 14.2. The minimum Gasteiger partial charge on any atom is -0.394 e. The number of hydrogen-bond donors (Lipinski definition) is 3. The van der Waals surface area contributed by atoms with Gasteiger partial charge in [-0.3, -0.25) is 0 Å². The minimum absolute atomic E-state index is 0.00552. The highest BCUT2D eigenvalue weighted by Crippen LogP contribution is 2.32. The van der Waals surface area contributed by atoms with Gasteiger partial charge in [-0.05, 0) is 36.5 Å². The van der Waals surface area contributed by atoms with Gasteiger partial charge < -0.3 is 20.5 Å². The van der Waals surface area contributed by atoms with Crippen LogP contribution in [0.15, 0.2) is 18.2 Å². The predicted molar refractivity (Wildman–Crippen MR) is 76.5 cm³/mol. The molecule has 0 heterocycles. The van der Waals surface area contributed by atoms with Gasteiger partial charge in [-0.1, -0.05) is 12.1 Å². The number of ether oxygens (including phenoxy) is 1. The molecule has 6 heteroatoms. The van der Waals surface area contributed by atoms with Crippen LogP contribution in [0.5, 0.6) is 0 Å². The van der Waals surface area contributed by atoms with Crippen LogP contribution >= 0.6 is 0 Å². The first kappa shape index (κ1) is 15.7. The number of aliphatic hydroxyl groups excluding tert-OH is 1. The van der Waals surface area contributed by atoms with Gasteiger partial charge >= 0.3 is 6.03 Å². The van der Waals surface area contributed by atoms with Crippen LogP contribution in [0.25, 0.3) is 0 Å². The highest BCUT2D eigenvalue weighted by molar-refractivity contribution is 5.74. The van der Waals surface area contributed by atoms with E-state index in [1.807, 2.05) is 6.07 Å². The Labute approximate surface area is 123 Å². The Kier molecular flexibility index (Phi) is 5.95. The monoisotopic (exact) mass is 296 g/mol. The van der Waals surface area contributed by atoms with Crippen LogP contribution < -0.4 is 10.6 Å². The zero-order valence-corrected chi connectivity index (χ0v) is 11.9. The predicted octanol–water partition coefficient (Wildman–Crippen LogP) is 1.51. The second-order valence-corrected chi connectivity index (χ2v) is 4.99. The molecule has 0 spiro atoms. The lowest BCUT2D eigenvalue weighted by Gasteiger charge is -2.15. The summed E-state index contributed by atoms with van der Waals surface area (Å²) < 4.78 is 18.7. The molecule has 1 aliphatic carbocycles. The average Bonchev–Trinajstić information content (AvgIpc) is 2.87. The van der Waals surface area contributed by atoms with Crippen molar-refractivity contribution in [3.05, 3.63) is 35.1 Å². The molecular formula is C15H21FN2O3. The molecule has 0 aromatic heterocycles. The SMILES string of the molecule is O=C(NCCCOCCO)NC1CCc2c(F)cccc21. The number of carbonyl (C=O) groups excluding carboxylic acids is 1. The summed E-state index contributed by atoms with van der Waals surface area (Å²) in [5.74, 6) is -0.196. The molecule has 1 atom stereocenters. The topological polar surface area (TPSA) is 70.6 Å². The van der Waals surface area contributed by atoms with Gasteiger partial charge in [-0.15, -0.1) is 0 Å². The van der Waals surface area contributed by atoms with Crippen LogP contribution in [0, 0.1) is 5.82 Å². The van der Waals surface area contributed by atoms with E-state index in [0.717, 1.165) is 12.0 Å². The van der Waals surface area contributed by atoms with Crippen molar-refractivity contribution in [2.24, 2.45) is 0 Å². The Bertz CT molecular complexity index is 482. The van der Waals surface area contributed by atoms with Gasteiger partial charge in [0.15, 0.2) is 0 Å². The molecule has 2 amide bonds. The first-order valence-corrected chi connectivity index (χ1v) is 7.22. The second kappa shape index (κ2) is 7.95. The molecule has 0 saturated carbocycles. The third-order valence-electron chi connectivity index (χ3n) is 3.51. The Hall–Kier alpha value is -1.66. The normalized spacial score (nSPS) is 16.6. The number of urea groups is 1. The Balaban J connectivity index is 1.71. The lowest BCUT2D eigenvalue weighted by atomic mass is 10.1. The van der Waals surface area contributed by atoms with Gasteiger partial charge in [0.25, 0.3) is 0 Å². The van der Waals surface area contributed by atoms with E-state index in [4.69, 9.17) is 9.84 Å². The average molecular weight is 296 g/mol. The molecule has 3 N–H and O–H groups in total. The third kappa shape index (κ3) is 4.41. The number of aliphatic hydroxyl groups is 1. The number of carbonyl (C=O) groups is 1. The van der Waals surface area contributed by atoms with E-state index in [-0.39, 0.29) is 24.5 Å². The summed E-state index contributed by atoms with van der Waals surface area (Å²) in [5.41, 5.74) is 1.58. The number of benzene rings is 1. The largest absolute Gasteiger partial charge is 0.394 e. The molecule has 0 aliphatic heterocycles. The van der Waals surface area contributed by atoms with Gasteiger partial charge in [0.05, 0.1) is 19.3 Å². The first-order chi connectivity index (χ1) is 10.2. The van der Waals surface area contributed by atoms with Gasteiger partial charge in [0.2, 0.25) is 0 Å². The number of nitrogens with one attached hydrogen (secondary N) is 2. The Morgan fingerprint density at radius 1 is 1.43 bits per heavy atom. The molecule has 1 aromatic rings. The van der Waals surface area contributed by atoms with E-state index in [2.05, 4.69) is 10.6 Å². The highest BCUT2D eigenvalue weighted by Gasteiger charge is 2.25. The Morgan fingerprint density at radius 3 is 3.10 bits per heavy atom.